The topological polar surface area (TPSA) is 32.3 Å². The predicted molar refractivity (Wildman–Crippen MR) is 83.1 cm³/mol. The monoisotopic (exact) mass is 304 g/mol. The molecule has 1 aromatic heterocycles. The van der Waals surface area contributed by atoms with E-state index in [-0.39, 0.29) is 17.8 Å². The molecule has 0 unspecified atom stereocenters. The standard InChI is InChI=1S/C16H17FN2OS/c1-11-10-18-8-9-19(11)16(20)15-7-6-14(21-15)12-2-4-13(17)5-3-12/h2-7,11,18H,8-10H2,1H3/t11-/m0/s1. The van der Waals surface area contributed by atoms with Crippen LogP contribution in [0.4, 0.5) is 4.39 Å². The van der Waals surface area contributed by atoms with Gasteiger partial charge in [0.25, 0.3) is 5.91 Å². The highest BCUT2D eigenvalue weighted by molar-refractivity contribution is 7.17. The zero-order valence-electron chi connectivity index (χ0n) is 11.8. The molecule has 1 fully saturated rings. The van der Waals surface area contributed by atoms with E-state index in [9.17, 15) is 9.18 Å². The average Bonchev–Trinajstić information content (AvgIpc) is 2.98. The number of nitrogens with zero attached hydrogens (tertiary/aromatic N) is 1. The summed E-state index contributed by atoms with van der Waals surface area (Å²) in [7, 11) is 0. The third-order valence-corrected chi connectivity index (χ3v) is 4.83. The Balaban J connectivity index is 1.81. The summed E-state index contributed by atoms with van der Waals surface area (Å²) in [6.45, 7) is 4.47. The number of benzene rings is 1. The molecule has 1 aromatic carbocycles. The van der Waals surface area contributed by atoms with Crippen LogP contribution in [0.15, 0.2) is 36.4 Å². The first kappa shape index (κ1) is 14.2. The summed E-state index contributed by atoms with van der Waals surface area (Å²) in [4.78, 5) is 16.2. The second-order valence-corrected chi connectivity index (χ2v) is 6.31. The summed E-state index contributed by atoms with van der Waals surface area (Å²) in [5.74, 6) is -0.163. The van der Waals surface area contributed by atoms with Gasteiger partial charge in [-0.2, -0.15) is 0 Å². The van der Waals surface area contributed by atoms with Gasteiger partial charge in [0.05, 0.1) is 4.88 Å². The van der Waals surface area contributed by atoms with Crippen molar-refractivity contribution in [2.45, 2.75) is 13.0 Å². The van der Waals surface area contributed by atoms with Crippen molar-refractivity contribution in [3.05, 3.63) is 47.1 Å². The zero-order chi connectivity index (χ0) is 14.8. The Hall–Kier alpha value is -1.72. The molecule has 3 rings (SSSR count). The average molecular weight is 304 g/mol. The van der Waals surface area contributed by atoms with Crippen LogP contribution in [0.1, 0.15) is 16.6 Å². The lowest BCUT2D eigenvalue weighted by Gasteiger charge is -2.33. The Bertz CT molecular complexity index is 638. The van der Waals surface area contributed by atoms with Crippen molar-refractivity contribution in [3.63, 3.8) is 0 Å². The van der Waals surface area contributed by atoms with Crippen molar-refractivity contribution in [2.75, 3.05) is 19.6 Å². The molecule has 1 saturated heterocycles. The molecule has 0 radical (unpaired) electrons. The van der Waals surface area contributed by atoms with E-state index in [1.165, 1.54) is 23.5 Å². The van der Waals surface area contributed by atoms with Crippen LogP contribution in [0.25, 0.3) is 10.4 Å². The SMILES string of the molecule is C[C@H]1CNCCN1C(=O)c1ccc(-c2ccc(F)cc2)s1. The molecule has 2 heterocycles. The lowest BCUT2D eigenvalue weighted by Crippen LogP contribution is -2.52. The fourth-order valence-corrected chi connectivity index (χ4v) is 3.47. The van der Waals surface area contributed by atoms with Gasteiger partial charge in [-0.3, -0.25) is 4.79 Å². The smallest absolute Gasteiger partial charge is 0.264 e. The molecule has 1 aliphatic rings. The van der Waals surface area contributed by atoms with Gasteiger partial charge in [-0.1, -0.05) is 12.1 Å². The van der Waals surface area contributed by atoms with Gasteiger partial charge >= 0.3 is 0 Å². The molecular weight excluding hydrogens is 287 g/mol. The lowest BCUT2D eigenvalue weighted by molar-refractivity contribution is 0.0661. The Morgan fingerprint density at radius 2 is 2.05 bits per heavy atom. The Kier molecular flexibility index (Phi) is 4.03. The third kappa shape index (κ3) is 2.99. The minimum atomic E-state index is -0.249. The molecule has 1 atom stereocenters. The molecular formula is C16H17FN2OS. The van der Waals surface area contributed by atoms with Crippen molar-refractivity contribution in [1.29, 1.82) is 0 Å². The minimum Gasteiger partial charge on any atom is -0.333 e. The molecule has 1 N–H and O–H groups in total. The lowest BCUT2D eigenvalue weighted by atomic mass is 10.2. The molecule has 1 aliphatic heterocycles. The number of rotatable bonds is 2. The number of thiophene rings is 1. The van der Waals surface area contributed by atoms with Gasteiger partial charge in [-0.15, -0.1) is 11.3 Å². The third-order valence-electron chi connectivity index (χ3n) is 3.71. The first-order chi connectivity index (χ1) is 10.1. The maximum Gasteiger partial charge on any atom is 0.264 e. The van der Waals surface area contributed by atoms with Crippen molar-refractivity contribution in [2.24, 2.45) is 0 Å². The molecule has 1 amide bonds. The number of hydrogen-bond donors (Lipinski definition) is 1. The Labute approximate surface area is 127 Å². The van der Waals surface area contributed by atoms with Crippen LogP contribution in [0.3, 0.4) is 0 Å². The highest BCUT2D eigenvalue weighted by atomic mass is 32.1. The number of hydrogen-bond acceptors (Lipinski definition) is 3. The number of amides is 1. The van der Waals surface area contributed by atoms with E-state index >= 15 is 0 Å². The summed E-state index contributed by atoms with van der Waals surface area (Å²) < 4.78 is 13.0. The summed E-state index contributed by atoms with van der Waals surface area (Å²) in [5, 5.41) is 3.28. The quantitative estimate of drug-likeness (QED) is 0.925. The molecule has 110 valence electrons. The number of carbonyl (C=O) groups excluding carboxylic acids is 1. The summed E-state index contributed by atoms with van der Waals surface area (Å²) in [5.41, 5.74) is 0.939. The Morgan fingerprint density at radius 3 is 2.76 bits per heavy atom. The molecule has 5 heteroatoms. The second-order valence-electron chi connectivity index (χ2n) is 5.22. The van der Waals surface area contributed by atoms with Crippen molar-refractivity contribution < 1.29 is 9.18 Å². The van der Waals surface area contributed by atoms with Crippen LogP contribution in [0, 0.1) is 5.82 Å². The summed E-state index contributed by atoms with van der Waals surface area (Å²) in [6.07, 6.45) is 0. The number of piperazine rings is 1. The van der Waals surface area contributed by atoms with Crippen LogP contribution < -0.4 is 5.32 Å². The first-order valence-electron chi connectivity index (χ1n) is 7.02. The van der Waals surface area contributed by atoms with Gasteiger partial charge in [-0.25, -0.2) is 4.39 Å². The number of halogens is 1. The van der Waals surface area contributed by atoms with Crippen LogP contribution in [-0.4, -0.2) is 36.5 Å². The predicted octanol–water partition coefficient (Wildman–Crippen LogP) is 2.99. The maximum atomic E-state index is 13.0. The van der Waals surface area contributed by atoms with Gasteiger partial charge in [0.2, 0.25) is 0 Å². The Morgan fingerprint density at radius 1 is 1.29 bits per heavy atom. The van der Waals surface area contributed by atoms with Crippen LogP contribution in [0.5, 0.6) is 0 Å². The van der Waals surface area contributed by atoms with Gasteiger partial charge in [0.15, 0.2) is 0 Å². The van der Waals surface area contributed by atoms with Gasteiger partial charge < -0.3 is 10.2 Å². The van der Waals surface area contributed by atoms with Crippen LogP contribution in [-0.2, 0) is 0 Å². The van der Waals surface area contributed by atoms with Crippen LogP contribution in [0.2, 0.25) is 0 Å². The normalized spacial score (nSPS) is 18.8. The van der Waals surface area contributed by atoms with E-state index in [2.05, 4.69) is 12.2 Å². The fraction of sp³-hybridized carbons (Fsp3) is 0.312. The van der Waals surface area contributed by atoms with Crippen LogP contribution >= 0.6 is 11.3 Å². The van der Waals surface area contributed by atoms with E-state index in [1.54, 1.807) is 12.1 Å². The zero-order valence-corrected chi connectivity index (χ0v) is 12.6. The highest BCUT2D eigenvalue weighted by Gasteiger charge is 2.25. The number of carbonyl (C=O) groups is 1. The summed E-state index contributed by atoms with van der Waals surface area (Å²) >= 11 is 1.46. The first-order valence-corrected chi connectivity index (χ1v) is 7.84. The van der Waals surface area contributed by atoms with Gasteiger partial charge in [-0.05, 0) is 36.8 Å². The van der Waals surface area contributed by atoms with E-state index in [4.69, 9.17) is 0 Å². The van der Waals surface area contributed by atoms with Crippen molar-refractivity contribution >= 4 is 17.2 Å². The molecule has 0 spiro atoms. The second kappa shape index (κ2) is 5.95. The summed E-state index contributed by atoms with van der Waals surface area (Å²) in [6, 6.07) is 10.4. The molecule has 0 saturated carbocycles. The van der Waals surface area contributed by atoms with Gasteiger partial charge in [0.1, 0.15) is 5.82 Å². The molecule has 21 heavy (non-hydrogen) atoms. The fourth-order valence-electron chi connectivity index (χ4n) is 2.51. The molecule has 0 aliphatic carbocycles. The molecule has 0 bridgehead atoms. The minimum absolute atomic E-state index is 0.0855. The largest absolute Gasteiger partial charge is 0.333 e. The van der Waals surface area contributed by atoms with Crippen molar-refractivity contribution in [1.82, 2.24) is 10.2 Å². The van der Waals surface area contributed by atoms with E-state index in [0.717, 1.165) is 35.0 Å². The van der Waals surface area contributed by atoms with E-state index in [0.29, 0.717) is 0 Å². The van der Waals surface area contributed by atoms with E-state index < -0.39 is 0 Å². The maximum absolute atomic E-state index is 13.0. The van der Waals surface area contributed by atoms with Crippen molar-refractivity contribution in [3.8, 4) is 10.4 Å². The van der Waals surface area contributed by atoms with E-state index in [1.807, 2.05) is 17.0 Å². The number of nitrogens with one attached hydrogen (secondary N) is 1. The highest BCUT2D eigenvalue weighted by Crippen LogP contribution is 2.29. The molecule has 3 nitrogen and oxygen atoms in total. The van der Waals surface area contributed by atoms with Gasteiger partial charge in [0, 0.05) is 30.6 Å². The molecule has 2 aromatic rings.